The van der Waals surface area contributed by atoms with Crippen molar-refractivity contribution in [1.29, 1.82) is 0 Å². The monoisotopic (exact) mass is 337 g/mol. The molecule has 1 amide bonds. The van der Waals surface area contributed by atoms with Gasteiger partial charge >= 0.3 is 0 Å². The van der Waals surface area contributed by atoms with E-state index in [-0.39, 0.29) is 17.5 Å². The number of aliphatic imine (C=N–C) groups is 1. The number of hydrogen-bond acceptors (Lipinski definition) is 4. The zero-order chi connectivity index (χ0) is 17.0. The van der Waals surface area contributed by atoms with Crippen molar-refractivity contribution in [3.05, 3.63) is 16.6 Å². The first-order valence-corrected chi connectivity index (χ1v) is 8.97. The predicted molar refractivity (Wildman–Crippen MR) is 94.6 cm³/mol. The van der Waals surface area contributed by atoms with Crippen LogP contribution in [0, 0.1) is 0 Å². The van der Waals surface area contributed by atoms with Gasteiger partial charge in [0.15, 0.2) is 5.96 Å². The van der Waals surface area contributed by atoms with Crippen LogP contribution in [0.4, 0.5) is 0 Å². The van der Waals surface area contributed by atoms with E-state index in [9.17, 15) is 4.79 Å². The van der Waals surface area contributed by atoms with Crippen LogP contribution in [0.1, 0.15) is 39.6 Å². The lowest BCUT2D eigenvalue weighted by atomic mass is 9.96. The molecule has 0 saturated carbocycles. The minimum atomic E-state index is -0.221. The molecule has 1 N–H and O–H groups in total. The Morgan fingerprint density at radius 1 is 1.52 bits per heavy atom. The minimum Gasteiger partial charge on any atom is -0.356 e. The van der Waals surface area contributed by atoms with Gasteiger partial charge in [-0.3, -0.25) is 4.79 Å². The highest BCUT2D eigenvalue weighted by atomic mass is 32.1. The van der Waals surface area contributed by atoms with Gasteiger partial charge in [0.1, 0.15) is 5.01 Å². The molecule has 1 aromatic rings. The number of nitrogens with zero attached hydrogens (tertiary/aromatic N) is 4. The average molecular weight is 337 g/mol. The van der Waals surface area contributed by atoms with Gasteiger partial charge in [0.2, 0.25) is 5.91 Å². The molecule has 0 aliphatic carbocycles. The third-order valence-corrected chi connectivity index (χ3v) is 4.59. The van der Waals surface area contributed by atoms with Gasteiger partial charge in [-0.05, 0) is 34.6 Å². The van der Waals surface area contributed by atoms with Gasteiger partial charge in [0, 0.05) is 30.7 Å². The van der Waals surface area contributed by atoms with Crippen LogP contribution < -0.4 is 5.32 Å². The standard InChI is InChI=1S/C16H27N5OS/c1-6-17-15(19-9-13-18-7-8-23-13)20-10-14(22)21(12(2)3)16(4,5)11-20/h7-8,12H,6,9-11H2,1-5H3,(H,17,19). The lowest BCUT2D eigenvalue weighted by molar-refractivity contribution is -0.145. The molecule has 2 rings (SSSR count). The van der Waals surface area contributed by atoms with E-state index in [1.807, 2.05) is 17.2 Å². The van der Waals surface area contributed by atoms with Gasteiger partial charge in [-0.25, -0.2) is 9.98 Å². The first kappa shape index (κ1) is 17.7. The molecule has 0 bridgehead atoms. The lowest BCUT2D eigenvalue weighted by Crippen LogP contribution is -2.66. The summed E-state index contributed by atoms with van der Waals surface area (Å²) in [5.74, 6) is 0.934. The largest absolute Gasteiger partial charge is 0.356 e. The van der Waals surface area contributed by atoms with Gasteiger partial charge in [0.05, 0.1) is 18.6 Å². The fourth-order valence-corrected chi connectivity index (χ4v) is 3.75. The van der Waals surface area contributed by atoms with Gasteiger partial charge in [-0.15, -0.1) is 11.3 Å². The Hall–Kier alpha value is -1.63. The third kappa shape index (κ3) is 4.22. The number of nitrogens with one attached hydrogen (secondary N) is 1. The van der Waals surface area contributed by atoms with E-state index < -0.39 is 0 Å². The van der Waals surface area contributed by atoms with Crippen molar-refractivity contribution < 1.29 is 4.79 Å². The number of guanidine groups is 1. The number of aromatic nitrogens is 1. The summed E-state index contributed by atoms with van der Waals surface area (Å²) in [6.07, 6.45) is 1.79. The Morgan fingerprint density at radius 3 is 2.78 bits per heavy atom. The number of rotatable bonds is 4. The summed E-state index contributed by atoms with van der Waals surface area (Å²) in [7, 11) is 0. The molecule has 0 unspecified atom stereocenters. The van der Waals surface area contributed by atoms with Crippen LogP contribution in [-0.4, -0.2) is 57.9 Å². The minimum absolute atomic E-state index is 0.149. The number of carbonyl (C=O) groups is 1. The van der Waals surface area contributed by atoms with E-state index in [1.165, 1.54) is 0 Å². The second-order valence-electron chi connectivity index (χ2n) is 6.62. The quantitative estimate of drug-likeness (QED) is 0.674. The second-order valence-corrected chi connectivity index (χ2v) is 7.60. The van der Waals surface area contributed by atoms with E-state index in [4.69, 9.17) is 0 Å². The summed E-state index contributed by atoms with van der Waals surface area (Å²) in [6.45, 7) is 12.8. The molecule has 0 atom stereocenters. The topological polar surface area (TPSA) is 60.8 Å². The number of amides is 1. The highest BCUT2D eigenvalue weighted by Gasteiger charge is 2.40. The zero-order valence-electron chi connectivity index (χ0n) is 14.7. The van der Waals surface area contributed by atoms with E-state index in [0.717, 1.165) is 24.1 Å². The van der Waals surface area contributed by atoms with Gasteiger partial charge < -0.3 is 15.1 Å². The maximum atomic E-state index is 12.6. The van der Waals surface area contributed by atoms with Crippen LogP contribution in [0.5, 0.6) is 0 Å². The van der Waals surface area contributed by atoms with Crippen molar-refractivity contribution >= 4 is 23.2 Å². The van der Waals surface area contributed by atoms with Crippen molar-refractivity contribution in [2.45, 2.75) is 52.7 Å². The van der Waals surface area contributed by atoms with E-state index in [0.29, 0.717) is 13.1 Å². The van der Waals surface area contributed by atoms with Crippen molar-refractivity contribution in [2.24, 2.45) is 4.99 Å². The molecule has 0 spiro atoms. The molecular weight excluding hydrogens is 310 g/mol. The number of piperazine rings is 1. The summed E-state index contributed by atoms with van der Waals surface area (Å²) < 4.78 is 0. The Morgan fingerprint density at radius 2 is 2.26 bits per heavy atom. The molecule has 2 heterocycles. The number of hydrogen-bond donors (Lipinski definition) is 1. The Kier molecular flexibility index (Phi) is 5.62. The van der Waals surface area contributed by atoms with Crippen LogP contribution in [0.25, 0.3) is 0 Å². The Labute approximate surface area is 142 Å². The molecule has 6 nitrogen and oxygen atoms in total. The molecule has 1 fully saturated rings. The van der Waals surface area contributed by atoms with E-state index in [2.05, 4.69) is 47.9 Å². The van der Waals surface area contributed by atoms with Crippen molar-refractivity contribution in [3.63, 3.8) is 0 Å². The maximum absolute atomic E-state index is 12.6. The van der Waals surface area contributed by atoms with Crippen LogP contribution >= 0.6 is 11.3 Å². The van der Waals surface area contributed by atoms with Gasteiger partial charge in [0.25, 0.3) is 0 Å². The molecule has 1 aliphatic rings. The Bertz CT molecular complexity index is 553. The molecule has 23 heavy (non-hydrogen) atoms. The molecule has 0 aromatic carbocycles. The molecule has 1 saturated heterocycles. The molecule has 7 heteroatoms. The molecule has 1 aromatic heterocycles. The summed E-state index contributed by atoms with van der Waals surface area (Å²) in [4.78, 5) is 25.5. The molecule has 0 radical (unpaired) electrons. The molecule has 128 valence electrons. The third-order valence-electron chi connectivity index (χ3n) is 3.82. The van der Waals surface area contributed by atoms with E-state index >= 15 is 0 Å². The van der Waals surface area contributed by atoms with Gasteiger partial charge in [-0.2, -0.15) is 0 Å². The summed E-state index contributed by atoms with van der Waals surface area (Å²) >= 11 is 1.59. The highest BCUT2D eigenvalue weighted by molar-refractivity contribution is 7.09. The van der Waals surface area contributed by atoms with Gasteiger partial charge in [-0.1, -0.05) is 0 Å². The molecular formula is C16H27N5OS. The Balaban J connectivity index is 2.17. The summed E-state index contributed by atoms with van der Waals surface area (Å²) in [5.41, 5.74) is -0.221. The zero-order valence-corrected chi connectivity index (χ0v) is 15.5. The van der Waals surface area contributed by atoms with Crippen molar-refractivity contribution in [3.8, 4) is 0 Å². The van der Waals surface area contributed by atoms with Crippen molar-refractivity contribution in [2.75, 3.05) is 19.6 Å². The number of carbonyl (C=O) groups excluding carboxylic acids is 1. The highest BCUT2D eigenvalue weighted by Crippen LogP contribution is 2.24. The van der Waals surface area contributed by atoms with E-state index in [1.54, 1.807) is 17.5 Å². The smallest absolute Gasteiger partial charge is 0.242 e. The SMILES string of the molecule is CCNC(=NCc1nccs1)N1CC(=O)N(C(C)C)C(C)(C)C1. The predicted octanol–water partition coefficient (Wildman–Crippen LogP) is 1.94. The first-order valence-electron chi connectivity index (χ1n) is 8.09. The van der Waals surface area contributed by atoms with Crippen LogP contribution in [0.2, 0.25) is 0 Å². The fraction of sp³-hybridized carbons (Fsp3) is 0.688. The van der Waals surface area contributed by atoms with Crippen LogP contribution in [0.15, 0.2) is 16.6 Å². The van der Waals surface area contributed by atoms with Crippen LogP contribution in [-0.2, 0) is 11.3 Å². The van der Waals surface area contributed by atoms with Crippen LogP contribution in [0.3, 0.4) is 0 Å². The average Bonchev–Trinajstić information content (AvgIpc) is 2.94. The maximum Gasteiger partial charge on any atom is 0.242 e. The normalized spacial score (nSPS) is 18.7. The fourth-order valence-electron chi connectivity index (χ4n) is 3.21. The number of thiazole rings is 1. The first-order chi connectivity index (χ1) is 10.8. The van der Waals surface area contributed by atoms with Crippen molar-refractivity contribution in [1.82, 2.24) is 20.1 Å². The summed E-state index contributed by atoms with van der Waals surface area (Å²) in [6, 6.07) is 0.203. The molecule has 1 aliphatic heterocycles. The second kappa shape index (κ2) is 7.29. The lowest BCUT2D eigenvalue weighted by Gasteiger charge is -2.49. The summed E-state index contributed by atoms with van der Waals surface area (Å²) in [5, 5.41) is 6.23.